The van der Waals surface area contributed by atoms with E-state index in [0.29, 0.717) is 31.9 Å². The molecule has 0 spiro atoms. The van der Waals surface area contributed by atoms with Gasteiger partial charge in [0.1, 0.15) is 11.9 Å². The highest BCUT2D eigenvalue weighted by Gasteiger charge is 2.25. The van der Waals surface area contributed by atoms with Crippen LogP contribution in [0.2, 0.25) is 0 Å². The fourth-order valence-electron chi connectivity index (χ4n) is 2.71. The lowest BCUT2D eigenvalue weighted by molar-refractivity contribution is 0.0766. The summed E-state index contributed by atoms with van der Waals surface area (Å²) in [7, 11) is 0. The zero-order chi connectivity index (χ0) is 16.8. The highest BCUT2D eigenvalue weighted by molar-refractivity contribution is 5.90. The number of urea groups is 1. The summed E-state index contributed by atoms with van der Waals surface area (Å²) in [6, 6.07) is 5.40. The Kier molecular flexibility index (Phi) is 5.90. The molecule has 2 amide bonds. The van der Waals surface area contributed by atoms with Crippen LogP contribution in [0, 0.1) is 17.1 Å². The van der Waals surface area contributed by atoms with E-state index < -0.39 is 5.82 Å². The SMILES string of the molecule is CC[C@H](CO)N1CCN(C(=O)Nc2ccc(F)cc2C#N)CC1. The molecule has 0 bridgehead atoms. The number of nitriles is 1. The summed E-state index contributed by atoms with van der Waals surface area (Å²) in [5.74, 6) is -0.511. The maximum atomic E-state index is 13.1. The lowest BCUT2D eigenvalue weighted by Gasteiger charge is -2.38. The standard InChI is InChI=1S/C16H21FN4O2/c1-2-14(11-22)20-5-7-21(8-6-20)16(23)19-15-4-3-13(17)9-12(15)10-18/h3-4,9,14,22H,2,5-8,11H2,1H3,(H,19,23)/t14-/m1/s1. The number of carbonyl (C=O) groups excluding carboxylic acids is 1. The van der Waals surface area contributed by atoms with Gasteiger partial charge in [-0.05, 0) is 24.6 Å². The molecule has 7 heteroatoms. The van der Waals surface area contributed by atoms with E-state index in [4.69, 9.17) is 5.26 Å². The maximum Gasteiger partial charge on any atom is 0.321 e. The molecule has 0 aromatic heterocycles. The van der Waals surface area contributed by atoms with Gasteiger partial charge >= 0.3 is 6.03 Å². The van der Waals surface area contributed by atoms with Crippen molar-refractivity contribution in [3.63, 3.8) is 0 Å². The van der Waals surface area contributed by atoms with Crippen molar-refractivity contribution >= 4 is 11.7 Å². The van der Waals surface area contributed by atoms with E-state index in [2.05, 4.69) is 10.2 Å². The third-order valence-corrected chi connectivity index (χ3v) is 4.14. The topological polar surface area (TPSA) is 79.6 Å². The van der Waals surface area contributed by atoms with Crippen LogP contribution in [-0.2, 0) is 0 Å². The minimum absolute atomic E-state index is 0.100. The zero-order valence-corrected chi connectivity index (χ0v) is 13.1. The Balaban J connectivity index is 1.95. The molecule has 1 aliphatic rings. The highest BCUT2D eigenvalue weighted by Crippen LogP contribution is 2.17. The molecular formula is C16H21FN4O2. The van der Waals surface area contributed by atoms with Gasteiger partial charge in [-0.2, -0.15) is 5.26 Å². The van der Waals surface area contributed by atoms with Crippen molar-refractivity contribution in [3.05, 3.63) is 29.6 Å². The quantitative estimate of drug-likeness (QED) is 0.883. The number of hydrogen-bond acceptors (Lipinski definition) is 4. The van der Waals surface area contributed by atoms with E-state index in [0.717, 1.165) is 12.5 Å². The number of halogens is 1. The molecular weight excluding hydrogens is 299 g/mol. The van der Waals surface area contributed by atoms with Gasteiger partial charge in [-0.25, -0.2) is 9.18 Å². The van der Waals surface area contributed by atoms with Gasteiger partial charge < -0.3 is 15.3 Å². The first-order valence-electron chi connectivity index (χ1n) is 7.69. The van der Waals surface area contributed by atoms with E-state index in [1.54, 1.807) is 4.90 Å². The Morgan fingerprint density at radius 3 is 2.70 bits per heavy atom. The number of rotatable bonds is 4. The van der Waals surface area contributed by atoms with Crippen LogP contribution in [0.1, 0.15) is 18.9 Å². The number of amides is 2. The molecule has 1 saturated heterocycles. The Bertz CT molecular complexity index is 590. The largest absolute Gasteiger partial charge is 0.395 e. The summed E-state index contributed by atoms with van der Waals surface area (Å²) in [6.45, 7) is 4.63. The average Bonchev–Trinajstić information content (AvgIpc) is 2.58. The van der Waals surface area contributed by atoms with E-state index in [9.17, 15) is 14.3 Å². The predicted octanol–water partition coefficient (Wildman–Crippen LogP) is 1.62. The number of aliphatic hydroxyl groups is 1. The minimum atomic E-state index is -0.511. The van der Waals surface area contributed by atoms with Crippen LogP contribution in [0.5, 0.6) is 0 Å². The number of carbonyl (C=O) groups is 1. The van der Waals surface area contributed by atoms with Crippen molar-refractivity contribution < 1.29 is 14.3 Å². The number of piperazine rings is 1. The average molecular weight is 320 g/mol. The molecule has 6 nitrogen and oxygen atoms in total. The number of aliphatic hydroxyl groups excluding tert-OH is 1. The first kappa shape index (κ1) is 17.2. The number of benzene rings is 1. The van der Waals surface area contributed by atoms with Crippen molar-refractivity contribution in [2.75, 3.05) is 38.1 Å². The third kappa shape index (κ3) is 4.18. The van der Waals surface area contributed by atoms with Gasteiger partial charge in [0.15, 0.2) is 0 Å². The van der Waals surface area contributed by atoms with Crippen LogP contribution in [0.4, 0.5) is 14.9 Å². The van der Waals surface area contributed by atoms with Crippen LogP contribution in [-0.4, -0.2) is 59.8 Å². The van der Waals surface area contributed by atoms with E-state index in [1.165, 1.54) is 12.1 Å². The minimum Gasteiger partial charge on any atom is -0.395 e. The number of nitrogens with one attached hydrogen (secondary N) is 1. The normalized spacial score (nSPS) is 16.7. The molecule has 1 atom stereocenters. The number of anilines is 1. The monoisotopic (exact) mass is 320 g/mol. The van der Waals surface area contributed by atoms with Gasteiger partial charge in [0.2, 0.25) is 0 Å². The molecule has 0 unspecified atom stereocenters. The molecule has 0 aliphatic carbocycles. The Hall–Kier alpha value is -2.17. The van der Waals surface area contributed by atoms with Crippen molar-refractivity contribution in [2.24, 2.45) is 0 Å². The molecule has 23 heavy (non-hydrogen) atoms. The highest BCUT2D eigenvalue weighted by atomic mass is 19.1. The predicted molar refractivity (Wildman–Crippen MR) is 84.4 cm³/mol. The zero-order valence-electron chi connectivity index (χ0n) is 13.1. The summed E-state index contributed by atoms with van der Waals surface area (Å²) >= 11 is 0. The second kappa shape index (κ2) is 7.90. The Morgan fingerprint density at radius 2 is 2.13 bits per heavy atom. The van der Waals surface area contributed by atoms with Crippen molar-refractivity contribution in [1.82, 2.24) is 9.80 Å². The van der Waals surface area contributed by atoms with E-state index in [-0.39, 0.29) is 24.2 Å². The van der Waals surface area contributed by atoms with Crippen LogP contribution in [0.25, 0.3) is 0 Å². The molecule has 1 fully saturated rings. The Morgan fingerprint density at radius 1 is 1.43 bits per heavy atom. The van der Waals surface area contributed by atoms with Gasteiger partial charge in [-0.15, -0.1) is 0 Å². The molecule has 1 aromatic carbocycles. The lowest BCUT2D eigenvalue weighted by atomic mass is 10.1. The van der Waals surface area contributed by atoms with E-state index in [1.807, 2.05) is 13.0 Å². The molecule has 2 N–H and O–H groups in total. The molecule has 0 radical (unpaired) electrons. The molecule has 124 valence electrons. The molecule has 0 saturated carbocycles. The van der Waals surface area contributed by atoms with Crippen molar-refractivity contribution in [1.29, 1.82) is 5.26 Å². The van der Waals surface area contributed by atoms with Gasteiger partial charge in [0.05, 0.1) is 17.9 Å². The first-order chi connectivity index (χ1) is 11.1. The summed E-state index contributed by atoms with van der Waals surface area (Å²) in [5, 5.41) is 21.0. The number of nitrogens with zero attached hydrogens (tertiary/aromatic N) is 3. The van der Waals surface area contributed by atoms with Crippen LogP contribution >= 0.6 is 0 Å². The Labute approximate surface area is 135 Å². The van der Waals surface area contributed by atoms with Gasteiger partial charge in [-0.1, -0.05) is 6.92 Å². The summed E-state index contributed by atoms with van der Waals surface area (Å²) in [6.07, 6.45) is 0.865. The first-order valence-corrected chi connectivity index (χ1v) is 7.69. The lowest BCUT2D eigenvalue weighted by Crippen LogP contribution is -2.53. The van der Waals surface area contributed by atoms with Crippen LogP contribution in [0.3, 0.4) is 0 Å². The van der Waals surface area contributed by atoms with Crippen molar-refractivity contribution in [3.8, 4) is 6.07 Å². The van der Waals surface area contributed by atoms with Gasteiger partial charge in [-0.3, -0.25) is 4.90 Å². The second-order valence-electron chi connectivity index (χ2n) is 5.50. The third-order valence-electron chi connectivity index (χ3n) is 4.14. The van der Waals surface area contributed by atoms with Crippen molar-refractivity contribution in [2.45, 2.75) is 19.4 Å². The molecule has 1 aromatic rings. The van der Waals surface area contributed by atoms with Crippen LogP contribution in [0.15, 0.2) is 18.2 Å². The molecule has 1 heterocycles. The summed E-state index contributed by atoms with van der Waals surface area (Å²) in [5.41, 5.74) is 0.409. The summed E-state index contributed by atoms with van der Waals surface area (Å²) < 4.78 is 13.1. The fourth-order valence-corrected chi connectivity index (χ4v) is 2.71. The molecule has 1 aliphatic heterocycles. The van der Waals surface area contributed by atoms with Gasteiger partial charge in [0, 0.05) is 32.2 Å². The summed E-state index contributed by atoms with van der Waals surface area (Å²) in [4.78, 5) is 16.1. The van der Waals surface area contributed by atoms with Gasteiger partial charge in [0.25, 0.3) is 0 Å². The van der Waals surface area contributed by atoms with Crippen LogP contribution < -0.4 is 5.32 Å². The van der Waals surface area contributed by atoms with E-state index >= 15 is 0 Å². The maximum absolute atomic E-state index is 13.1. The smallest absolute Gasteiger partial charge is 0.321 e. The molecule has 2 rings (SSSR count). The second-order valence-corrected chi connectivity index (χ2v) is 5.50. The fraction of sp³-hybridized carbons (Fsp3) is 0.500. The number of hydrogen-bond donors (Lipinski definition) is 2.